The molecule has 0 unspecified atom stereocenters. The van der Waals surface area contributed by atoms with Gasteiger partial charge in [0.15, 0.2) is 0 Å². The van der Waals surface area contributed by atoms with Crippen LogP contribution in [0, 0.1) is 0 Å². The van der Waals surface area contributed by atoms with Gasteiger partial charge in [-0.05, 0) is 69.7 Å². The molecular weight excluding hydrogens is 500 g/mol. The standard InChI is InChI=1S/C29H32N4O6/c1-19(39-33-26(34)23-7-5-6-8-24(23)27(33)35)18-37-22-12-9-20(10-13-22)21-11-14-25(32-17-21)30-15-16-31-28(36)38-29(2,3)4/h5-14,17,19H,15-16,18H2,1-4H3,(H,30,32)(H,31,36)/t19-/m0/s1. The first-order chi connectivity index (χ1) is 18.6. The summed E-state index contributed by atoms with van der Waals surface area (Å²) in [5.74, 6) is 0.371. The first-order valence-electron chi connectivity index (χ1n) is 12.7. The van der Waals surface area contributed by atoms with Gasteiger partial charge in [-0.3, -0.25) is 14.4 Å². The van der Waals surface area contributed by atoms with Gasteiger partial charge in [0.2, 0.25) is 0 Å². The number of nitrogens with zero attached hydrogens (tertiary/aromatic N) is 2. The van der Waals surface area contributed by atoms with Crippen LogP contribution in [0.1, 0.15) is 48.4 Å². The molecule has 0 spiro atoms. The van der Waals surface area contributed by atoms with Crippen LogP contribution in [0.2, 0.25) is 0 Å². The number of anilines is 1. The van der Waals surface area contributed by atoms with E-state index in [-0.39, 0.29) is 6.61 Å². The molecule has 3 amide bonds. The van der Waals surface area contributed by atoms with Crippen molar-refractivity contribution in [2.45, 2.75) is 39.4 Å². The number of hydroxylamine groups is 2. The molecule has 0 fully saturated rings. The summed E-state index contributed by atoms with van der Waals surface area (Å²) in [5, 5.41) is 6.64. The van der Waals surface area contributed by atoms with E-state index in [1.54, 1.807) is 37.4 Å². The third-order valence-electron chi connectivity index (χ3n) is 5.58. The minimum atomic E-state index is -0.532. The lowest BCUT2D eigenvalue weighted by atomic mass is 10.1. The molecule has 0 saturated heterocycles. The molecule has 1 aromatic heterocycles. The zero-order chi connectivity index (χ0) is 28.0. The Balaban J connectivity index is 1.21. The zero-order valence-electron chi connectivity index (χ0n) is 22.4. The van der Waals surface area contributed by atoms with Crippen LogP contribution >= 0.6 is 0 Å². The van der Waals surface area contributed by atoms with E-state index >= 15 is 0 Å². The summed E-state index contributed by atoms with van der Waals surface area (Å²) < 4.78 is 11.0. The molecule has 0 radical (unpaired) electrons. The molecule has 2 heterocycles. The number of carbonyl (C=O) groups is 3. The van der Waals surface area contributed by atoms with E-state index in [2.05, 4.69) is 15.6 Å². The Kier molecular flexibility index (Phi) is 8.46. The first-order valence-corrected chi connectivity index (χ1v) is 12.7. The Morgan fingerprint density at radius 3 is 2.15 bits per heavy atom. The van der Waals surface area contributed by atoms with Gasteiger partial charge in [-0.1, -0.05) is 24.3 Å². The van der Waals surface area contributed by atoms with Gasteiger partial charge in [-0.2, -0.15) is 0 Å². The van der Waals surface area contributed by atoms with E-state index in [1.807, 2.05) is 57.2 Å². The van der Waals surface area contributed by atoms with E-state index in [0.29, 0.717) is 35.8 Å². The second-order valence-corrected chi connectivity index (χ2v) is 9.99. The Morgan fingerprint density at radius 1 is 0.923 bits per heavy atom. The number of rotatable bonds is 10. The number of carbonyl (C=O) groups excluding carboxylic acids is 3. The summed E-state index contributed by atoms with van der Waals surface area (Å²) in [6, 6.07) is 17.9. The van der Waals surface area contributed by atoms with Crippen LogP contribution in [0.3, 0.4) is 0 Å². The molecule has 0 aliphatic carbocycles. The van der Waals surface area contributed by atoms with Gasteiger partial charge in [-0.25, -0.2) is 9.78 Å². The van der Waals surface area contributed by atoms with Crippen molar-refractivity contribution in [3.63, 3.8) is 0 Å². The van der Waals surface area contributed by atoms with Crippen LogP contribution in [0.5, 0.6) is 5.75 Å². The number of amides is 3. The summed E-state index contributed by atoms with van der Waals surface area (Å²) in [4.78, 5) is 46.6. The number of hydrogen-bond acceptors (Lipinski definition) is 8. The molecule has 10 heteroatoms. The molecule has 204 valence electrons. The maximum atomic E-state index is 12.5. The molecule has 0 saturated carbocycles. The Hall–Kier alpha value is -4.44. The zero-order valence-corrected chi connectivity index (χ0v) is 22.4. The third kappa shape index (κ3) is 7.32. The van der Waals surface area contributed by atoms with Gasteiger partial charge in [0.05, 0.1) is 11.1 Å². The van der Waals surface area contributed by atoms with Crippen LogP contribution in [0.4, 0.5) is 10.6 Å². The molecule has 2 N–H and O–H groups in total. The second kappa shape index (κ2) is 12.0. The molecule has 1 aliphatic rings. The average Bonchev–Trinajstić information content (AvgIpc) is 3.14. The Labute approximate surface area is 227 Å². The van der Waals surface area contributed by atoms with Crippen molar-refractivity contribution in [1.82, 2.24) is 15.4 Å². The summed E-state index contributed by atoms with van der Waals surface area (Å²) in [5.41, 5.74) is 2.03. The van der Waals surface area contributed by atoms with Crippen LogP contribution in [-0.2, 0) is 9.57 Å². The number of ether oxygens (including phenoxy) is 2. The number of nitrogens with one attached hydrogen (secondary N) is 2. The minimum Gasteiger partial charge on any atom is -0.491 e. The molecule has 3 aromatic rings. The van der Waals surface area contributed by atoms with Crippen molar-refractivity contribution in [2.75, 3.05) is 25.0 Å². The number of imide groups is 1. The number of aromatic nitrogens is 1. The lowest BCUT2D eigenvalue weighted by Gasteiger charge is -2.19. The summed E-state index contributed by atoms with van der Waals surface area (Å²) in [7, 11) is 0. The number of benzene rings is 2. The molecule has 1 aliphatic heterocycles. The molecular formula is C29H32N4O6. The van der Waals surface area contributed by atoms with Gasteiger partial charge in [-0.15, -0.1) is 5.06 Å². The number of alkyl carbamates (subject to hydrolysis) is 1. The van der Waals surface area contributed by atoms with Crippen LogP contribution in [0.15, 0.2) is 66.9 Å². The largest absolute Gasteiger partial charge is 0.491 e. The maximum Gasteiger partial charge on any atom is 0.407 e. The highest BCUT2D eigenvalue weighted by Gasteiger charge is 2.37. The summed E-state index contributed by atoms with van der Waals surface area (Å²) in [6.45, 7) is 8.24. The highest BCUT2D eigenvalue weighted by molar-refractivity contribution is 6.20. The van der Waals surface area contributed by atoms with E-state index < -0.39 is 29.6 Å². The predicted octanol–water partition coefficient (Wildman–Crippen LogP) is 4.68. The fraction of sp³-hybridized carbons (Fsp3) is 0.310. The van der Waals surface area contributed by atoms with Crippen LogP contribution < -0.4 is 15.4 Å². The lowest BCUT2D eigenvalue weighted by Crippen LogP contribution is -2.35. The van der Waals surface area contributed by atoms with Crippen LogP contribution in [-0.4, -0.2) is 59.4 Å². The fourth-order valence-corrected chi connectivity index (χ4v) is 3.77. The monoisotopic (exact) mass is 532 g/mol. The van der Waals surface area contributed by atoms with E-state index in [0.717, 1.165) is 16.2 Å². The predicted molar refractivity (Wildman–Crippen MR) is 145 cm³/mol. The van der Waals surface area contributed by atoms with Crippen molar-refractivity contribution >= 4 is 23.7 Å². The smallest absolute Gasteiger partial charge is 0.407 e. The molecule has 39 heavy (non-hydrogen) atoms. The molecule has 1 atom stereocenters. The molecule has 4 rings (SSSR count). The lowest BCUT2D eigenvalue weighted by molar-refractivity contribution is -0.135. The number of hydrogen-bond donors (Lipinski definition) is 2. The van der Waals surface area contributed by atoms with Crippen LogP contribution in [0.25, 0.3) is 11.1 Å². The van der Waals surface area contributed by atoms with Gasteiger partial charge in [0.25, 0.3) is 11.8 Å². The van der Waals surface area contributed by atoms with Crippen molar-refractivity contribution in [1.29, 1.82) is 0 Å². The minimum absolute atomic E-state index is 0.150. The van der Waals surface area contributed by atoms with E-state index in [9.17, 15) is 14.4 Å². The summed E-state index contributed by atoms with van der Waals surface area (Å²) >= 11 is 0. The average molecular weight is 533 g/mol. The van der Waals surface area contributed by atoms with Crippen molar-refractivity contribution in [2.24, 2.45) is 0 Å². The molecule has 0 bridgehead atoms. The number of fused-ring (bicyclic) bond motifs is 1. The highest BCUT2D eigenvalue weighted by Crippen LogP contribution is 2.25. The topological polar surface area (TPSA) is 119 Å². The fourth-order valence-electron chi connectivity index (χ4n) is 3.77. The van der Waals surface area contributed by atoms with Crippen molar-refractivity contribution < 1.29 is 28.7 Å². The third-order valence-corrected chi connectivity index (χ3v) is 5.58. The van der Waals surface area contributed by atoms with Gasteiger partial charge < -0.3 is 20.1 Å². The Morgan fingerprint density at radius 2 is 1.56 bits per heavy atom. The second-order valence-electron chi connectivity index (χ2n) is 9.99. The molecule has 10 nitrogen and oxygen atoms in total. The first kappa shape index (κ1) is 27.6. The van der Waals surface area contributed by atoms with Gasteiger partial charge in [0.1, 0.15) is 29.9 Å². The van der Waals surface area contributed by atoms with Gasteiger partial charge in [0, 0.05) is 24.8 Å². The highest BCUT2D eigenvalue weighted by atomic mass is 16.7. The quantitative estimate of drug-likeness (QED) is 0.285. The number of pyridine rings is 1. The van der Waals surface area contributed by atoms with Crippen molar-refractivity contribution in [3.8, 4) is 16.9 Å². The Bertz CT molecular complexity index is 1280. The van der Waals surface area contributed by atoms with E-state index in [4.69, 9.17) is 14.3 Å². The molecule has 2 aromatic carbocycles. The maximum absolute atomic E-state index is 12.5. The van der Waals surface area contributed by atoms with Gasteiger partial charge >= 0.3 is 6.09 Å². The van der Waals surface area contributed by atoms with E-state index in [1.165, 1.54) is 0 Å². The van der Waals surface area contributed by atoms with Crippen molar-refractivity contribution in [3.05, 3.63) is 78.0 Å². The SMILES string of the molecule is C[C@@H](COc1ccc(-c2ccc(NCCNC(=O)OC(C)(C)C)nc2)cc1)ON1C(=O)c2ccccc2C1=O. The summed E-state index contributed by atoms with van der Waals surface area (Å²) in [6.07, 6.45) is 0.776. The normalized spacial score (nSPS) is 13.6.